The van der Waals surface area contributed by atoms with Gasteiger partial charge in [-0.25, -0.2) is 15.0 Å². The van der Waals surface area contributed by atoms with Crippen LogP contribution in [0, 0.1) is 0 Å². The number of alkyl halides is 9. The van der Waals surface area contributed by atoms with Gasteiger partial charge in [0.15, 0.2) is 17.5 Å². The number of nitrogens with zero attached hydrogens (tertiary/aromatic N) is 4. The van der Waals surface area contributed by atoms with E-state index in [4.69, 9.17) is 9.97 Å². The second kappa shape index (κ2) is 13.1. The van der Waals surface area contributed by atoms with E-state index in [1.165, 1.54) is 28.8 Å². The Morgan fingerprint density at radius 2 is 0.855 bits per heavy atom. The first kappa shape index (κ1) is 35.5. The van der Waals surface area contributed by atoms with E-state index in [2.05, 4.69) is 4.98 Å². The van der Waals surface area contributed by atoms with Crippen molar-refractivity contribution in [3.63, 3.8) is 0 Å². The van der Waals surface area contributed by atoms with Gasteiger partial charge < -0.3 is 4.57 Å². The van der Waals surface area contributed by atoms with Crippen LogP contribution in [0.25, 0.3) is 72.8 Å². The topological polar surface area (TPSA) is 43.6 Å². The SMILES string of the molecule is FC(F)(F)c1cc(-c2ccc(-c3nc(-c4ccccc4)nc(-c4ccccc4)n3)cc2-n2c3ccccc3c3cc(C(F)(F)F)ccc32)cc(C(F)(F)F)c1. The number of hydrogen-bond acceptors (Lipinski definition) is 3. The first-order valence-corrected chi connectivity index (χ1v) is 16.6. The monoisotopic (exact) mass is 754 g/mol. The molecule has 0 saturated carbocycles. The van der Waals surface area contributed by atoms with Gasteiger partial charge >= 0.3 is 18.5 Å². The van der Waals surface area contributed by atoms with Gasteiger partial charge in [0, 0.05) is 33.0 Å². The van der Waals surface area contributed by atoms with E-state index in [-0.39, 0.29) is 34.0 Å². The Kier molecular flexibility index (Phi) is 8.47. The molecule has 274 valence electrons. The highest BCUT2D eigenvalue weighted by molar-refractivity contribution is 6.10. The summed E-state index contributed by atoms with van der Waals surface area (Å²) >= 11 is 0. The molecule has 0 aliphatic heterocycles. The Hall–Kier alpha value is -6.50. The molecule has 55 heavy (non-hydrogen) atoms. The molecule has 0 spiro atoms. The summed E-state index contributed by atoms with van der Waals surface area (Å²) in [7, 11) is 0. The van der Waals surface area contributed by atoms with E-state index >= 15 is 0 Å². The van der Waals surface area contributed by atoms with Gasteiger partial charge in [0.05, 0.1) is 33.4 Å². The normalized spacial score (nSPS) is 12.5. The number of fused-ring (bicyclic) bond motifs is 3. The molecule has 0 fully saturated rings. The lowest BCUT2D eigenvalue weighted by atomic mass is 9.96. The molecule has 4 nitrogen and oxygen atoms in total. The molecule has 13 heteroatoms. The third-order valence-electron chi connectivity index (χ3n) is 9.09. The molecular formula is C42H23F9N4. The molecular weight excluding hydrogens is 731 g/mol. The average molecular weight is 755 g/mol. The maximum absolute atomic E-state index is 14.1. The Morgan fingerprint density at radius 3 is 1.40 bits per heavy atom. The maximum Gasteiger partial charge on any atom is 0.416 e. The van der Waals surface area contributed by atoms with Crippen LogP contribution >= 0.6 is 0 Å². The van der Waals surface area contributed by atoms with Gasteiger partial charge in [0.25, 0.3) is 0 Å². The molecule has 2 heterocycles. The lowest BCUT2D eigenvalue weighted by Gasteiger charge is -2.19. The Balaban J connectivity index is 1.46. The van der Waals surface area contributed by atoms with Crippen LogP contribution in [0.3, 0.4) is 0 Å². The van der Waals surface area contributed by atoms with Crippen LogP contribution in [0.4, 0.5) is 39.5 Å². The van der Waals surface area contributed by atoms with Crippen molar-refractivity contribution in [2.24, 2.45) is 0 Å². The zero-order valence-corrected chi connectivity index (χ0v) is 28.0. The number of aromatic nitrogens is 4. The summed E-state index contributed by atoms with van der Waals surface area (Å²) in [5.74, 6) is 0.708. The molecule has 0 radical (unpaired) electrons. The van der Waals surface area contributed by atoms with Gasteiger partial charge in [0.2, 0.25) is 0 Å². The first-order valence-electron chi connectivity index (χ1n) is 16.6. The summed E-state index contributed by atoms with van der Waals surface area (Å²) in [5.41, 5.74) is -2.24. The molecule has 2 aromatic heterocycles. The number of benzene rings is 6. The molecule has 0 aliphatic rings. The minimum absolute atomic E-state index is 0.0394. The molecule has 0 amide bonds. The third-order valence-corrected chi connectivity index (χ3v) is 9.09. The fourth-order valence-electron chi connectivity index (χ4n) is 6.56. The van der Waals surface area contributed by atoms with Crippen molar-refractivity contribution < 1.29 is 39.5 Å². The van der Waals surface area contributed by atoms with Crippen LogP contribution in [0.15, 0.2) is 140 Å². The zero-order valence-electron chi connectivity index (χ0n) is 28.0. The summed E-state index contributed by atoms with van der Waals surface area (Å²) in [6, 6.07) is 33.1. The highest BCUT2D eigenvalue weighted by Crippen LogP contribution is 2.43. The highest BCUT2D eigenvalue weighted by Gasteiger charge is 2.37. The van der Waals surface area contributed by atoms with Crippen molar-refractivity contribution in [1.82, 2.24) is 19.5 Å². The fourth-order valence-corrected chi connectivity index (χ4v) is 6.56. The van der Waals surface area contributed by atoms with Gasteiger partial charge in [-0.1, -0.05) is 91.0 Å². The van der Waals surface area contributed by atoms with Gasteiger partial charge in [0.1, 0.15) is 0 Å². The van der Waals surface area contributed by atoms with Crippen LogP contribution in [-0.2, 0) is 18.5 Å². The summed E-state index contributed by atoms with van der Waals surface area (Å²) in [6.07, 6.45) is -15.0. The van der Waals surface area contributed by atoms with Crippen molar-refractivity contribution in [3.05, 3.63) is 156 Å². The Labute approximate surface area is 306 Å². The second-order valence-electron chi connectivity index (χ2n) is 12.6. The van der Waals surface area contributed by atoms with Gasteiger partial charge in [-0.3, -0.25) is 0 Å². The van der Waals surface area contributed by atoms with Crippen molar-refractivity contribution in [1.29, 1.82) is 0 Å². The van der Waals surface area contributed by atoms with Crippen molar-refractivity contribution in [2.45, 2.75) is 18.5 Å². The fraction of sp³-hybridized carbons (Fsp3) is 0.0714. The molecule has 8 rings (SSSR count). The summed E-state index contributed by atoms with van der Waals surface area (Å²) in [5, 5.41) is 0.539. The van der Waals surface area contributed by atoms with E-state index in [0.717, 1.165) is 12.1 Å². The van der Waals surface area contributed by atoms with Crippen LogP contribution in [0.5, 0.6) is 0 Å². The standard InChI is InChI=1S/C42H23F9N4/c43-40(44,45)28-16-18-35-33(23-28)32-13-7-8-14-34(32)55(35)36-21-26(15-17-31(36)27-19-29(41(46,47)48)22-30(20-27)42(49,50)51)39-53-37(24-9-3-1-4-10-24)52-38(54-39)25-11-5-2-6-12-25/h1-23H. The quantitative estimate of drug-likeness (QED) is 0.164. The molecule has 0 aliphatic carbocycles. The first-order chi connectivity index (χ1) is 26.1. The van der Waals surface area contributed by atoms with Crippen molar-refractivity contribution in [3.8, 4) is 51.0 Å². The molecule has 8 aromatic rings. The Bertz CT molecular complexity index is 2630. The lowest BCUT2D eigenvalue weighted by Crippen LogP contribution is -2.11. The molecule has 0 atom stereocenters. The smallest absolute Gasteiger partial charge is 0.309 e. The molecule has 0 saturated heterocycles. The highest BCUT2D eigenvalue weighted by atomic mass is 19.4. The molecule has 6 aromatic carbocycles. The van der Waals surface area contributed by atoms with Crippen molar-refractivity contribution in [2.75, 3.05) is 0 Å². The third kappa shape index (κ3) is 6.77. The van der Waals surface area contributed by atoms with Crippen LogP contribution in [0.1, 0.15) is 16.7 Å². The van der Waals surface area contributed by atoms with Crippen molar-refractivity contribution >= 4 is 21.8 Å². The number of hydrogen-bond donors (Lipinski definition) is 0. The van der Waals surface area contributed by atoms with Crippen LogP contribution in [-0.4, -0.2) is 19.5 Å². The number of halogens is 9. The van der Waals surface area contributed by atoms with Gasteiger partial charge in [-0.2, -0.15) is 39.5 Å². The average Bonchev–Trinajstić information content (AvgIpc) is 3.50. The van der Waals surface area contributed by atoms with E-state index < -0.39 is 40.8 Å². The maximum atomic E-state index is 14.1. The Morgan fingerprint density at radius 1 is 0.364 bits per heavy atom. The van der Waals surface area contributed by atoms with E-state index in [0.29, 0.717) is 51.4 Å². The van der Waals surface area contributed by atoms with Gasteiger partial charge in [-0.05, 0) is 54.1 Å². The predicted octanol–water partition coefficient (Wildman–Crippen LogP) is 12.7. The molecule has 0 N–H and O–H groups in total. The summed E-state index contributed by atoms with van der Waals surface area (Å²) in [4.78, 5) is 14.1. The second-order valence-corrected chi connectivity index (χ2v) is 12.6. The lowest BCUT2D eigenvalue weighted by molar-refractivity contribution is -0.143. The number of rotatable bonds is 5. The minimum Gasteiger partial charge on any atom is -0.309 e. The van der Waals surface area contributed by atoms with E-state index in [9.17, 15) is 39.5 Å². The van der Waals surface area contributed by atoms with Crippen LogP contribution in [0.2, 0.25) is 0 Å². The van der Waals surface area contributed by atoms with E-state index in [1.54, 1.807) is 72.8 Å². The summed E-state index contributed by atoms with van der Waals surface area (Å²) < 4.78 is 128. The summed E-state index contributed by atoms with van der Waals surface area (Å²) in [6.45, 7) is 0. The van der Waals surface area contributed by atoms with Crippen LogP contribution < -0.4 is 0 Å². The van der Waals surface area contributed by atoms with E-state index in [1.807, 2.05) is 12.1 Å². The zero-order chi connectivity index (χ0) is 38.7. The number of para-hydroxylation sites is 1. The minimum atomic E-state index is -5.14. The molecule has 0 unspecified atom stereocenters. The largest absolute Gasteiger partial charge is 0.416 e. The van der Waals surface area contributed by atoms with Gasteiger partial charge in [-0.15, -0.1) is 0 Å². The predicted molar refractivity (Wildman–Crippen MR) is 191 cm³/mol. The molecule has 0 bridgehead atoms.